The summed E-state index contributed by atoms with van der Waals surface area (Å²) >= 11 is 0. The van der Waals surface area contributed by atoms with Crippen LogP contribution in [0, 0.1) is 0 Å². The van der Waals surface area contributed by atoms with E-state index in [0.29, 0.717) is 18.6 Å². The van der Waals surface area contributed by atoms with Gasteiger partial charge in [0.1, 0.15) is 5.75 Å². The zero-order valence-electron chi connectivity index (χ0n) is 13.0. The molecule has 6 heteroatoms. The Bertz CT molecular complexity index is 469. The van der Waals surface area contributed by atoms with E-state index in [0.717, 1.165) is 31.2 Å². The molecule has 22 heavy (non-hydrogen) atoms. The van der Waals surface area contributed by atoms with Crippen LogP contribution in [0.4, 0.5) is 13.2 Å². The minimum Gasteiger partial charge on any atom is -0.406 e. The van der Waals surface area contributed by atoms with E-state index in [4.69, 9.17) is 0 Å². The summed E-state index contributed by atoms with van der Waals surface area (Å²) in [4.78, 5) is 2.26. The molecule has 2 rings (SSSR count). The van der Waals surface area contributed by atoms with E-state index in [-0.39, 0.29) is 5.75 Å². The number of alkyl halides is 3. The molecule has 0 saturated heterocycles. The SMILES string of the molecule is CN(C)[C@H]1CC[C@@H](NCc2cccc(OC(F)(F)F)c2)CC1. The predicted octanol–water partition coefficient (Wildman–Crippen LogP) is 3.55. The van der Waals surface area contributed by atoms with Gasteiger partial charge in [0.05, 0.1) is 0 Å². The maximum Gasteiger partial charge on any atom is 0.573 e. The summed E-state index contributed by atoms with van der Waals surface area (Å²) < 4.78 is 40.6. The lowest BCUT2D eigenvalue weighted by Gasteiger charge is -2.33. The molecule has 0 atom stereocenters. The fourth-order valence-corrected chi connectivity index (χ4v) is 2.91. The van der Waals surface area contributed by atoms with Crippen molar-refractivity contribution in [3.8, 4) is 5.75 Å². The Balaban J connectivity index is 1.81. The van der Waals surface area contributed by atoms with Crippen molar-refractivity contribution in [1.29, 1.82) is 0 Å². The van der Waals surface area contributed by atoms with Crippen molar-refractivity contribution < 1.29 is 17.9 Å². The summed E-state index contributed by atoms with van der Waals surface area (Å²) in [7, 11) is 4.20. The molecule has 124 valence electrons. The molecule has 0 aliphatic heterocycles. The fraction of sp³-hybridized carbons (Fsp3) is 0.625. The van der Waals surface area contributed by atoms with Gasteiger partial charge < -0.3 is 15.0 Å². The molecule has 0 bridgehead atoms. The number of benzene rings is 1. The van der Waals surface area contributed by atoms with Crippen LogP contribution < -0.4 is 10.1 Å². The van der Waals surface area contributed by atoms with E-state index in [1.54, 1.807) is 6.07 Å². The van der Waals surface area contributed by atoms with Crippen molar-refractivity contribution in [1.82, 2.24) is 10.2 Å². The Morgan fingerprint density at radius 2 is 1.86 bits per heavy atom. The van der Waals surface area contributed by atoms with Crippen molar-refractivity contribution >= 4 is 0 Å². The Kier molecular flexibility index (Phi) is 5.69. The van der Waals surface area contributed by atoms with Gasteiger partial charge in [-0.2, -0.15) is 0 Å². The first-order valence-corrected chi connectivity index (χ1v) is 7.58. The molecule has 1 aliphatic rings. The van der Waals surface area contributed by atoms with E-state index in [2.05, 4.69) is 29.0 Å². The molecule has 0 amide bonds. The third-order valence-corrected chi connectivity index (χ3v) is 4.15. The van der Waals surface area contributed by atoms with E-state index < -0.39 is 6.36 Å². The monoisotopic (exact) mass is 316 g/mol. The number of hydrogen-bond donors (Lipinski definition) is 1. The van der Waals surface area contributed by atoms with Gasteiger partial charge in [0.15, 0.2) is 0 Å². The molecule has 3 nitrogen and oxygen atoms in total. The molecule has 1 aromatic carbocycles. The van der Waals surface area contributed by atoms with Gasteiger partial charge in [-0.3, -0.25) is 0 Å². The largest absolute Gasteiger partial charge is 0.573 e. The van der Waals surface area contributed by atoms with Crippen LogP contribution in [0.25, 0.3) is 0 Å². The van der Waals surface area contributed by atoms with E-state index in [1.807, 2.05) is 6.07 Å². The second-order valence-corrected chi connectivity index (χ2v) is 6.05. The molecule has 1 saturated carbocycles. The van der Waals surface area contributed by atoms with Gasteiger partial charge in [0.2, 0.25) is 0 Å². The maximum atomic E-state index is 12.2. The molecule has 1 N–H and O–H groups in total. The van der Waals surface area contributed by atoms with Gasteiger partial charge >= 0.3 is 6.36 Å². The van der Waals surface area contributed by atoms with Crippen LogP contribution in [0.2, 0.25) is 0 Å². The first-order valence-electron chi connectivity index (χ1n) is 7.58. The third kappa shape index (κ3) is 5.50. The van der Waals surface area contributed by atoms with Crippen LogP contribution in [0.1, 0.15) is 31.2 Å². The lowest BCUT2D eigenvalue weighted by Crippen LogP contribution is -2.39. The highest BCUT2D eigenvalue weighted by Gasteiger charge is 2.31. The van der Waals surface area contributed by atoms with Crippen molar-refractivity contribution in [3.05, 3.63) is 29.8 Å². The van der Waals surface area contributed by atoms with Crippen LogP contribution in [0.15, 0.2) is 24.3 Å². The molecule has 0 spiro atoms. The summed E-state index contributed by atoms with van der Waals surface area (Å²) in [5, 5.41) is 3.43. The van der Waals surface area contributed by atoms with Gasteiger partial charge in [-0.1, -0.05) is 12.1 Å². The molecule has 0 heterocycles. The molecular weight excluding hydrogens is 293 g/mol. The highest BCUT2D eigenvalue weighted by molar-refractivity contribution is 5.28. The van der Waals surface area contributed by atoms with Crippen LogP contribution in [0.3, 0.4) is 0 Å². The number of nitrogens with zero attached hydrogens (tertiary/aromatic N) is 1. The Labute approximate surface area is 129 Å². The van der Waals surface area contributed by atoms with Gasteiger partial charge in [0.25, 0.3) is 0 Å². The topological polar surface area (TPSA) is 24.5 Å². The lowest BCUT2D eigenvalue weighted by atomic mass is 9.90. The number of halogens is 3. The predicted molar refractivity (Wildman–Crippen MR) is 79.7 cm³/mol. The normalized spacial score (nSPS) is 22.8. The highest BCUT2D eigenvalue weighted by atomic mass is 19.4. The van der Waals surface area contributed by atoms with Crippen molar-refractivity contribution in [2.75, 3.05) is 14.1 Å². The molecule has 1 aromatic rings. The Morgan fingerprint density at radius 1 is 1.18 bits per heavy atom. The standard InChI is InChI=1S/C16H23F3N2O/c1-21(2)14-8-6-13(7-9-14)20-11-12-4-3-5-15(10-12)22-16(17,18)19/h3-5,10,13-14,20H,6-9,11H2,1-2H3/t13-,14+. The van der Waals surface area contributed by atoms with E-state index in [9.17, 15) is 13.2 Å². The lowest BCUT2D eigenvalue weighted by molar-refractivity contribution is -0.274. The molecular formula is C16H23F3N2O. The van der Waals surface area contributed by atoms with Crippen molar-refractivity contribution in [2.45, 2.75) is 50.7 Å². The Morgan fingerprint density at radius 3 is 2.45 bits per heavy atom. The van der Waals surface area contributed by atoms with Crippen LogP contribution in [0.5, 0.6) is 5.75 Å². The smallest absolute Gasteiger partial charge is 0.406 e. The first-order chi connectivity index (χ1) is 10.3. The summed E-state index contributed by atoms with van der Waals surface area (Å²) in [6.45, 7) is 0.562. The van der Waals surface area contributed by atoms with Gasteiger partial charge in [-0.25, -0.2) is 0 Å². The van der Waals surface area contributed by atoms with Gasteiger partial charge in [0, 0.05) is 18.6 Å². The van der Waals surface area contributed by atoms with Crippen molar-refractivity contribution in [3.63, 3.8) is 0 Å². The molecule has 0 aromatic heterocycles. The third-order valence-electron chi connectivity index (χ3n) is 4.15. The van der Waals surface area contributed by atoms with Crippen molar-refractivity contribution in [2.24, 2.45) is 0 Å². The molecule has 1 aliphatic carbocycles. The van der Waals surface area contributed by atoms with E-state index >= 15 is 0 Å². The minimum absolute atomic E-state index is 0.164. The van der Waals surface area contributed by atoms with Gasteiger partial charge in [-0.15, -0.1) is 13.2 Å². The van der Waals surface area contributed by atoms with E-state index in [1.165, 1.54) is 12.1 Å². The number of nitrogens with one attached hydrogen (secondary N) is 1. The first kappa shape index (κ1) is 17.1. The minimum atomic E-state index is -4.64. The second-order valence-electron chi connectivity index (χ2n) is 6.05. The fourth-order valence-electron chi connectivity index (χ4n) is 2.91. The molecule has 0 unspecified atom stereocenters. The van der Waals surface area contributed by atoms with Gasteiger partial charge in [-0.05, 0) is 57.5 Å². The van der Waals surface area contributed by atoms with Crippen LogP contribution in [-0.2, 0) is 6.54 Å². The number of hydrogen-bond acceptors (Lipinski definition) is 3. The van der Waals surface area contributed by atoms with Crippen LogP contribution >= 0.6 is 0 Å². The Hall–Kier alpha value is -1.27. The summed E-state index contributed by atoms with van der Waals surface area (Å²) in [6.07, 6.45) is -0.135. The summed E-state index contributed by atoms with van der Waals surface area (Å²) in [5.74, 6) is -0.164. The quantitative estimate of drug-likeness (QED) is 0.899. The summed E-state index contributed by atoms with van der Waals surface area (Å²) in [5.41, 5.74) is 0.802. The zero-order valence-corrected chi connectivity index (χ0v) is 13.0. The average molecular weight is 316 g/mol. The van der Waals surface area contributed by atoms with Crippen LogP contribution in [-0.4, -0.2) is 37.4 Å². The maximum absolute atomic E-state index is 12.2. The highest BCUT2D eigenvalue weighted by Crippen LogP contribution is 2.24. The average Bonchev–Trinajstić information content (AvgIpc) is 2.44. The zero-order chi connectivity index (χ0) is 16.2. The summed E-state index contributed by atoms with van der Waals surface area (Å²) in [6, 6.07) is 7.22. The second kappa shape index (κ2) is 7.33. The number of ether oxygens (including phenoxy) is 1. The number of rotatable bonds is 5. The molecule has 1 fully saturated rings. The molecule has 0 radical (unpaired) electrons.